The van der Waals surface area contributed by atoms with Crippen molar-refractivity contribution in [2.24, 2.45) is 0 Å². The van der Waals surface area contributed by atoms with E-state index in [4.69, 9.17) is 4.74 Å². The fourth-order valence-corrected chi connectivity index (χ4v) is 2.19. The SMILES string of the molecule is CCOC(C)(C1=CCC=C1)c1ccccc1. The van der Waals surface area contributed by atoms with E-state index in [0.717, 1.165) is 13.0 Å². The molecule has 1 nitrogen and oxygen atoms in total. The molecule has 1 atom stereocenters. The summed E-state index contributed by atoms with van der Waals surface area (Å²) in [4.78, 5) is 0. The lowest BCUT2D eigenvalue weighted by molar-refractivity contribution is 0.00358. The highest BCUT2D eigenvalue weighted by atomic mass is 16.5. The van der Waals surface area contributed by atoms with Gasteiger partial charge >= 0.3 is 0 Å². The van der Waals surface area contributed by atoms with Crippen molar-refractivity contribution in [1.29, 1.82) is 0 Å². The zero-order valence-electron chi connectivity index (χ0n) is 9.94. The highest BCUT2D eigenvalue weighted by Crippen LogP contribution is 2.36. The van der Waals surface area contributed by atoms with E-state index in [-0.39, 0.29) is 5.60 Å². The first-order valence-corrected chi connectivity index (χ1v) is 5.84. The summed E-state index contributed by atoms with van der Waals surface area (Å²) in [5.41, 5.74) is 2.18. The fourth-order valence-electron chi connectivity index (χ4n) is 2.19. The smallest absolute Gasteiger partial charge is 0.115 e. The molecular formula is C15H18O. The predicted molar refractivity (Wildman–Crippen MR) is 67.3 cm³/mol. The topological polar surface area (TPSA) is 9.23 Å². The van der Waals surface area contributed by atoms with Crippen molar-refractivity contribution in [2.75, 3.05) is 6.61 Å². The maximum Gasteiger partial charge on any atom is 0.115 e. The minimum absolute atomic E-state index is 0.303. The monoisotopic (exact) mass is 214 g/mol. The van der Waals surface area contributed by atoms with E-state index >= 15 is 0 Å². The molecule has 0 N–H and O–H groups in total. The molecule has 0 radical (unpaired) electrons. The second-order valence-electron chi connectivity index (χ2n) is 4.13. The molecule has 1 heteroatoms. The summed E-state index contributed by atoms with van der Waals surface area (Å²) in [6.07, 6.45) is 7.60. The van der Waals surface area contributed by atoms with Gasteiger partial charge in [0.15, 0.2) is 0 Å². The minimum atomic E-state index is -0.303. The first-order chi connectivity index (χ1) is 7.77. The third-order valence-corrected chi connectivity index (χ3v) is 3.08. The normalized spacial score (nSPS) is 18.2. The molecule has 2 rings (SSSR count). The Morgan fingerprint density at radius 1 is 1.25 bits per heavy atom. The van der Waals surface area contributed by atoms with Crippen LogP contribution >= 0.6 is 0 Å². The van der Waals surface area contributed by atoms with Crippen LogP contribution in [0.5, 0.6) is 0 Å². The molecule has 1 aromatic carbocycles. The van der Waals surface area contributed by atoms with Crippen molar-refractivity contribution in [3.63, 3.8) is 0 Å². The van der Waals surface area contributed by atoms with Gasteiger partial charge in [0.1, 0.15) is 5.60 Å². The Hall–Kier alpha value is -1.34. The molecule has 1 aromatic rings. The summed E-state index contributed by atoms with van der Waals surface area (Å²) in [7, 11) is 0. The molecule has 0 aliphatic heterocycles. The first-order valence-electron chi connectivity index (χ1n) is 5.84. The standard InChI is InChI=1S/C15H18O/c1-3-16-15(2,14-11-7-8-12-14)13-9-5-4-6-10-13/h4-7,9-12H,3,8H2,1-2H3. The molecule has 0 saturated heterocycles. The summed E-state index contributed by atoms with van der Waals surface area (Å²) in [6, 6.07) is 10.4. The Bertz CT molecular complexity index is 403. The van der Waals surface area contributed by atoms with E-state index < -0.39 is 0 Å². The lowest BCUT2D eigenvalue weighted by Crippen LogP contribution is -2.27. The largest absolute Gasteiger partial charge is 0.366 e. The second-order valence-corrected chi connectivity index (χ2v) is 4.13. The third-order valence-electron chi connectivity index (χ3n) is 3.08. The van der Waals surface area contributed by atoms with Crippen molar-refractivity contribution >= 4 is 0 Å². The van der Waals surface area contributed by atoms with Crippen LogP contribution in [0.4, 0.5) is 0 Å². The van der Waals surface area contributed by atoms with Crippen LogP contribution in [0.3, 0.4) is 0 Å². The van der Waals surface area contributed by atoms with E-state index in [1.54, 1.807) is 0 Å². The van der Waals surface area contributed by atoms with Gasteiger partial charge in [-0.3, -0.25) is 0 Å². The van der Waals surface area contributed by atoms with Crippen LogP contribution in [0.1, 0.15) is 25.8 Å². The maximum atomic E-state index is 5.98. The summed E-state index contributed by atoms with van der Waals surface area (Å²) in [5, 5.41) is 0. The fraction of sp³-hybridized carbons (Fsp3) is 0.333. The Morgan fingerprint density at radius 2 is 2.00 bits per heavy atom. The Balaban J connectivity index is 2.39. The molecule has 0 fully saturated rings. The molecule has 0 aromatic heterocycles. The van der Waals surface area contributed by atoms with Crippen LogP contribution in [0.25, 0.3) is 0 Å². The average molecular weight is 214 g/mol. The average Bonchev–Trinajstić information content (AvgIpc) is 2.84. The molecular weight excluding hydrogens is 196 g/mol. The highest BCUT2D eigenvalue weighted by molar-refractivity contribution is 5.41. The summed E-state index contributed by atoms with van der Waals surface area (Å²) in [6.45, 7) is 4.91. The molecule has 0 heterocycles. The van der Waals surface area contributed by atoms with Gasteiger partial charge < -0.3 is 4.74 Å². The van der Waals surface area contributed by atoms with Crippen LogP contribution in [0, 0.1) is 0 Å². The number of hydrogen-bond acceptors (Lipinski definition) is 1. The van der Waals surface area contributed by atoms with Crippen LogP contribution in [-0.4, -0.2) is 6.61 Å². The molecule has 0 amide bonds. The maximum absolute atomic E-state index is 5.98. The van der Waals surface area contributed by atoms with Gasteiger partial charge in [-0.05, 0) is 31.4 Å². The van der Waals surface area contributed by atoms with Crippen LogP contribution in [0.15, 0.2) is 54.1 Å². The molecule has 1 unspecified atom stereocenters. The quantitative estimate of drug-likeness (QED) is 0.740. The second kappa shape index (κ2) is 4.67. The molecule has 0 spiro atoms. The predicted octanol–water partition coefficient (Wildman–Crippen LogP) is 3.82. The summed E-state index contributed by atoms with van der Waals surface area (Å²) in [5.74, 6) is 0. The molecule has 16 heavy (non-hydrogen) atoms. The van der Waals surface area contributed by atoms with Crippen molar-refractivity contribution in [2.45, 2.75) is 25.9 Å². The van der Waals surface area contributed by atoms with Crippen molar-refractivity contribution in [1.82, 2.24) is 0 Å². The van der Waals surface area contributed by atoms with Gasteiger partial charge in [-0.15, -0.1) is 0 Å². The number of rotatable bonds is 4. The Labute approximate surface area is 97.4 Å². The first kappa shape index (κ1) is 11.2. The van der Waals surface area contributed by atoms with E-state index in [2.05, 4.69) is 49.4 Å². The van der Waals surface area contributed by atoms with Crippen LogP contribution in [-0.2, 0) is 10.3 Å². The molecule has 0 saturated carbocycles. The van der Waals surface area contributed by atoms with Crippen molar-refractivity contribution in [3.8, 4) is 0 Å². The van der Waals surface area contributed by atoms with Gasteiger partial charge in [0.05, 0.1) is 0 Å². The molecule has 1 aliphatic carbocycles. The lowest BCUT2D eigenvalue weighted by atomic mass is 9.88. The van der Waals surface area contributed by atoms with E-state index in [0.29, 0.717) is 0 Å². The minimum Gasteiger partial charge on any atom is -0.366 e. The van der Waals surface area contributed by atoms with Crippen molar-refractivity contribution in [3.05, 3.63) is 59.7 Å². The lowest BCUT2D eigenvalue weighted by Gasteiger charge is -2.31. The Kier molecular flexibility index (Phi) is 3.25. The zero-order chi connectivity index (χ0) is 11.4. The number of ether oxygens (including phenoxy) is 1. The van der Waals surface area contributed by atoms with Crippen LogP contribution in [0.2, 0.25) is 0 Å². The van der Waals surface area contributed by atoms with Gasteiger partial charge in [0.2, 0.25) is 0 Å². The summed E-state index contributed by atoms with van der Waals surface area (Å²) < 4.78 is 5.98. The van der Waals surface area contributed by atoms with Gasteiger partial charge in [0, 0.05) is 6.61 Å². The van der Waals surface area contributed by atoms with E-state index in [9.17, 15) is 0 Å². The van der Waals surface area contributed by atoms with Gasteiger partial charge in [-0.25, -0.2) is 0 Å². The third kappa shape index (κ3) is 1.96. The Morgan fingerprint density at radius 3 is 2.56 bits per heavy atom. The van der Waals surface area contributed by atoms with E-state index in [1.165, 1.54) is 11.1 Å². The van der Waals surface area contributed by atoms with E-state index in [1.807, 2.05) is 13.0 Å². The molecule has 1 aliphatic rings. The highest BCUT2D eigenvalue weighted by Gasteiger charge is 2.30. The van der Waals surface area contributed by atoms with Gasteiger partial charge in [0.25, 0.3) is 0 Å². The number of benzene rings is 1. The van der Waals surface area contributed by atoms with Gasteiger partial charge in [-0.1, -0.05) is 48.6 Å². The number of hydrogen-bond donors (Lipinski definition) is 0. The van der Waals surface area contributed by atoms with Crippen LogP contribution < -0.4 is 0 Å². The zero-order valence-corrected chi connectivity index (χ0v) is 9.94. The summed E-state index contributed by atoms with van der Waals surface area (Å²) >= 11 is 0. The molecule has 84 valence electrons. The van der Waals surface area contributed by atoms with Crippen molar-refractivity contribution < 1.29 is 4.74 Å². The number of allylic oxidation sites excluding steroid dienone is 2. The molecule has 0 bridgehead atoms. The van der Waals surface area contributed by atoms with Gasteiger partial charge in [-0.2, -0.15) is 0 Å².